The van der Waals surface area contributed by atoms with Gasteiger partial charge in [0.2, 0.25) is 5.91 Å². The van der Waals surface area contributed by atoms with E-state index in [4.69, 9.17) is 4.74 Å². The van der Waals surface area contributed by atoms with Gasteiger partial charge in [-0.05, 0) is 67.9 Å². The summed E-state index contributed by atoms with van der Waals surface area (Å²) in [6, 6.07) is 19.9. The molecule has 7 nitrogen and oxygen atoms in total. The fourth-order valence-corrected chi connectivity index (χ4v) is 4.32. The van der Waals surface area contributed by atoms with E-state index < -0.39 is 16.0 Å². The van der Waals surface area contributed by atoms with Crippen LogP contribution in [0.3, 0.4) is 0 Å². The Labute approximate surface area is 194 Å². The molecule has 172 valence electrons. The molecule has 3 aromatic carbocycles. The molecule has 1 N–H and O–H groups in total. The Bertz CT molecular complexity index is 1220. The molecule has 0 aromatic heterocycles. The Balaban J connectivity index is 1.62. The lowest BCUT2D eigenvalue weighted by molar-refractivity contribution is -0.115. The number of carbonyl (C=O) groups is 2. The first-order chi connectivity index (χ1) is 15.7. The van der Waals surface area contributed by atoms with E-state index in [1.165, 1.54) is 11.4 Å². The second-order valence-corrected chi connectivity index (χ2v) is 9.44. The number of aryl methyl sites for hydroxylation is 1. The van der Waals surface area contributed by atoms with Crippen LogP contribution in [-0.2, 0) is 26.0 Å². The molecule has 0 unspecified atom stereocenters. The Morgan fingerprint density at radius 3 is 2.09 bits per heavy atom. The summed E-state index contributed by atoms with van der Waals surface area (Å²) in [6.45, 7) is 3.93. The largest absolute Gasteiger partial charge is 0.462 e. The van der Waals surface area contributed by atoms with Crippen LogP contribution in [0.1, 0.15) is 28.4 Å². The first-order valence-electron chi connectivity index (χ1n) is 10.4. The average Bonchev–Trinajstić information content (AvgIpc) is 2.80. The third-order valence-electron chi connectivity index (χ3n) is 5.02. The summed E-state index contributed by atoms with van der Waals surface area (Å²) in [4.78, 5) is 24.3. The molecule has 0 spiro atoms. The summed E-state index contributed by atoms with van der Waals surface area (Å²) in [5.41, 5.74) is 3.19. The fraction of sp³-hybridized carbons (Fsp3) is 0.200. The van der Waals surface area contributed by atoms with Crippen molar-refractivity contribution in [2.75, 3.05) is 23.3 Å². The van der Waals surface area contributed by atoms with Crippen LogP contribution in [0.5, 0.6) is 0 Å². The van der Waals surface area contributed by atoms with Crippen LogP contribution in [0.25, 0.3) is 0 Å². The van der Waals surface area contributed by atoms with Gasteiger partial charge >= 0.3 is 5.97 Å². The van der Waals surface area contributed by atoms with E-state index in [-0.39, 0.29) is 17.2 Å². The number of ether oxygens (including phenoxy) is 1. The minimum atomic E-state index is -3.68. The molecular weight excluding hydrogens is 440 g/mol. The third-order valence-corrected chi connectivity index (χ3v) is 6.82. The number of nitrogens with zero attached hydrogens (tertiary/aromatic N) is 1. The molecule has 0 bridgehead atoms. The maximum atomic E-state index is 12.8. The predicted octanol–water partition coefficient (Wildman–Crippen LogP) is 4.18. The normalized spacial score (nSPS) is 11.0. The van der Waals surface area contributed by atoms with Crippen LogP contribution >= 0.6 is 0 Å². The van der Waals surface area contributed by atoms with Crippen LogP contribution in [0.4, 0.5) is 11.4 Å². The van der Waals surface area contributed by atoms with Crippen molar-refractivity contribution in [1.82, 2.24) is 0 Å². The number of anilines is 2. The van der Waals surface area contributed by atoms with E-state index in [1.807, 2.05) is 6.92 Å². The van der Waals surface area contributed by atoms with Gasteiger partial charge in [-0.3, -0.25) is 9.10 Å². The standard InChI is InChI=1S/C25H26N2O5S/c1-4-32-25(29)20-9-11-21(12-10-20)26-24(28)17-19-7-13-22(14-8-19)27(3)33(30,31)23-15-5-18(2)6-16-23/h5-16H,4,17H2,1-3H3,(H,26,28). The maximum absolute atomic E-state index is 12.8. The van der Waals surface area contributed by atoms with E-state index in [0.29, 0.717) is 23.5 Å². The summed E-state index contributed by atoms with van der Waals surface area (Å²) in [5, 5.41) is 2.78. The first-order valence-corrected chi connectivity index (χ1v) is 11.9. The van der Waals surface area contributed by atoms with E-state index in [9.17, 15) is 18.0 Å². The highest BCUT2D eigenvalue weighted by atomic mass is 32.2. The number of esters is 1. The monoisotopic (exact) mass is 466 g/mol. The van der Waals surface area contributed by atoms with Gasteiger partial charge in [0.05, 0.1) is 29.2 Å². The van der Waals surface area contributed by atoms with Gasteiger partial charge in [0, 0.05) is 12.7 Å². The highest BCUT2D eigenvalue weighted by molar-refractivity contribution is 7.92. The van der Waals surface area contributed by atoms with E-state index >= 15 is 0 Å². The number of nitrogens with one attached hydrogen (secondary N) is 1. The van der Waals surface area contributed by atoms with Gasteiger partial charge in [0.25, 0.3) is 10.0 Å². The SMILES string of the molecule is CCOC(=O)c1ccc(NC(=O)Cc2ccc(N(C)S(=O)(=O)c3ccc(C)cc3)cc2)cc1. The van der Waals surface area contributed by atoms with Crippen molar-refractivity contribution >= 4 is 33.3 Å². The number of sulfonamides is 1. The molecule has 0 aliphatic carbocycles. The van der Waals surface area contributed by atoms with Gasteiger partial charge in [0.15, 0.2) is 0 Å². The Hall–Kier alpha value is -3.65. The molecular formula is C25H26N2O5S. The van der Waals surface area contributed by atoms with Gasteiger partial charge < -0.3 is 10.1 Å². The highest BCUT2D eigenvalue weighted by Gasteiger charge is 2.21. The van der Waals surface area contributed by atoms with Crippen molar-refractivity contribution in [1.29, 1.82) is 0 Å². The number of hydrogen-bond donors (Lipinski definition) is 1. The van der Waals surface area contributed by atoms with E-state index in [1.54, 1.807) is 79.7 Å². The van der Waals surface area contributed by atoms with Crippen molar-refractivity contribution in [2.24, 2.45) is 0 Å². The zero-order valence-electron chi connectivity index (χ0n) is 18.7. The summed E-state index contributed by atoms with van der Waals surface area (Å²) < 4.78 is 31.8. The number of rotatable bonds is 8. The van der Waals surface area contributed by atoms with E-state index in [2.05, 4.69) is 5.32 Å². The maximum Gasteiger partial charge on any atom is 0.338 e. The average molecular weight is 467 g/mol. The van der Waals surface area contributed by atoms with Gasteiger partial charge in [-0.15, -0.1) is 0 Å². The molecule has 0 saturated heterocycles. The van der Waals surface area contributed by atoms with Crippen molar-refractivity contribution in [3.63, 3.8) is 0 Å². The third kappa shape index (κ3) is 5.98. The van der Waals surface area contributed by atoms with Crippen molar-refractivity contribution in [3.05, 3.63) is 89.5 Å². The van der Waals surface area contributed by atoms with Crippen molar-refractivity contribution in [3.8, 4) is 0 Å². The lowest BCUT2D eigenvalue weighted by atomic mass is 10.1. The molecule has 0 fully saturated rings. The molecule has 0 atom stereocenters. The Morgan fingerprint density at radius 2 is 1.52 bits per heavy atom. The minimum absolute atomic E-state index is 0.119. The minimum Gasteiger partial charge on any atom is -0.462 e. The van der Waals surface area contributed by atoms with Gasteiger partial charge in [0.1, 0.15) is 0 Å². The zero-order chi connectivity index (χ0) is 24.0. The molecule has 33 heavy (non-hydrogen) atoms. The lowest BCUT2D eigenvalue weighted by Crippen LogP contribution is -2.26. The smallest absolute Gasteiger partial charge is 0.338 e. The molecule has 0 radical (unpaired) electrons. The molecule has 3 aromatic rings. The van der Waals surface area contributed by atoms with Crippen LogP contribution in [-0.4, -0.2) is 33.9 Å². The van der Waals surface area contributed by atoms with Gasteiger partial charge in [-0.2, -0.15) is 0 Å². The first kappa shape index (κ1) is 24.0. The summed E-state index contributed by atoms with van der Waals surface area (Å²) in [5.74, 6) is -0.642. The zero-order valence-corrected chi connectivity index (χ0v) is 19.6. The van der Waals surface area contributed by atoms with Crippen LogP contribution in [0.15, 0.2) is 77.7 Å². The summed E-state index contributed by atoms with van der Waals surface area (Å²) in [7, 11) is -2.18. The molecule has 0 aliphatic rings. The van der Waals surface area contributed by atoms with Crippen LogP contribution in [0.2, 0.25) is 0 Å². The number of carbonyl (C=O) groups excluding carboxylic acids is 2. The molecule has 0 aliphatic heterocycles. The Morgan fingerprint density at radius 1 is 0.909 bits per heavy atom. The predicted molar refractivity (Wildman–Crippen MR) is 128 cm³/mol. The molecule has 8 heteroatoms. The fourth-order valence-electron chi connectivity index (χ4n) is 3.13. The lowest BCUT2D eigenvalue weighted by Gasteiger charge is -2.20. The molecule has 3 rings (SSSR count). The summed E-state index contributed by atoms with van der Waals surface area (Å²) in [6.07, 6.45) is 0.119. The summed E-state index contributed by atoms with van der Waals surface area (Å²) >= 11 is 0. The molecule has 1 amide bonds. The topological polar surface area (TPSA) is 92.8 Å². The molecule has 0 saturated carbocycles. The number of amides is 1. The Kier molecular flexibility index (Phi) is 7.50. The highest BCUT2D eigenvalue weighted by Crippen LogP contribution is 2.23. The van der Waals surface area contributed by atoms with Crippen LogP contribution < -0.4 is 9.62 Å². The van der Waals surface area contributed by atoms with E-state index in [0.717, 1.165) is 11.1 Å². The quantitative estimate of drug-likeness (QED) is 0.503. The van der Waals surface area contributed by atoms with Gasteiger partial charge in [-0.1, -0.05) is 29.8 Å². The second kappa shape index (κ2) is 10.3. The van der Waals surface area contributed by atoms with Crippen molar-refractivity contribution in [2.45, 2.75) is 25.2 Å². The second-order valence-electron chi connectivity index (χ2n) is 7.47. The number of hydrogen-bond acceptors (Lipinski definition) is 5. The molecule has 0 heterocycles. The van der Waals surface area contributed by atoms with Crippen molar-refractivity contribution < 1.29 is 22.7 Å². The van der Waals surface area contributed by atoms with Crippen LogP contribution in [0, 0.1) is 6.92 Å². The number of benzene rings is 3. The van der Waals surface area contributed by atoms with Gasteiger partial charge in [-0.25, -0.2) is 13.2 Å².